The summed E-state index contributed by atoms with van der Waals surface area (Å²) in [7, 11) is 0. The highest BCUT2D eigenvalue weighted by Gasteiger charge is 2.34. The van der Waals surface area contributed by atoms with Gasteiger partial charge in [0.05, 0.1) is 34.4 Å². The molecule has 2 aromatic rings. The quantitative estimate of drug-likeness (QED) is 0.586. The van der Waals surface area contributed by atoms with Crippen LogP contribution in [0.25, 0.3) is 0 Å². The third-order valence-corrected chi connectivity index (χ3v) is 4.27. The highest BCUT2D eigenvalue weighted by Crippen LogP contribution is 2.26. The lowest BCUT2D eigenvalue weighted by Gasteiger charge is -2.14. The van der Waals surface area contributed by atoms with Gasteiger partial charge in [0.1, 0.15) is 5.75 Å². The summed E-state index contributed by atoms with van der Waals surface area (Å²) in [6.45, 7) is 0.769. The molecule has 6 heteroatoms. The minimum absolute atomic E-state index is 0.239. The van der Waals surface area contributed by atoms with Crippen LogP contribution in [0.4, 0.5) is 0 Å². The second-order valence-electron chi connectivity index (χ2n) is 5.62. The number of nitrogens with zero attached hydrogens (tertiary/aromatic N) is 2. The number of rotatable bonds is 6. The van der Waals surface area contributed by atoms with E-state index < -0.39 is 0 Å². The van der Waals surface area contributed by atoms with Crippen LogP contribution in [0.15, 0.2) is 42.5 Å². The van der Waals surface area contributed by atoms with Gasteiger partial charge in [0, 0.05) is 6.54 Å². The van der Waals surface area contributed by atoms with E-state index in [2.05, 4.69) is 0 Å². The molecule has 2 aromatic carbocycles. The molecule has 3 rings (SSSR count). The van der Waals surface area contributed by atoms with Crippen LogP contribution in [0.5, 0.6) is 5.75 Å². The number of amides is 2. The molecular formula is C19H15ClN2O3. The molecular weight excluding hydrogens is 340 g/mol. The lowest BCUT2D eigenvalue weighted by molar-refractivity contribution is 0.0649. The van der Waals surface area contributed by atoms with E-state index in [-0.39, 0.29) is 11.8 Å². The van der Waals surface area contributed by atoms with Gasteiger partial charge in [0.15, 0.2) is 0 Å². The molecule has 0 aromatic heterocycles. The summed E-state index contributed by atoms with van der Waals surface area (Å²) in [5.41, 5.74) is 1.41. The Balaban J connectivity index is 1.48. The number of carbonyl (C=O) groups excluding carboxylic acids is 2. The van der Waals surface area contributed by atoms with Crippen molar-refractivity contribution in [1.82, 2.24) is 4.90 Å². The van der Waals surface area contributed by atoms with Gasteiger partial charge in [0.25, 0.3) is 11.8 Å². The maximum Gasteiger partial charge on any atom is 0.261 e. The smallest absolute Gasteiger partial charge is 0.261 e. The van der Waals surface area contributed by atoms with Crippen LogP contribution < -0.4 is 4.74 Å². The summed E-state index contributed by atoms with van der Waals surface area (Å²) < 4.78 is 5.59. The molecule has 0 bridgehead atoms. The number of halogens is 1. The Labute approximate surface area is 150 Å². The van der Waals surface area contributed by atoms with E-state index in [9.17, 15) is 9.59 Å². The molecule has 0 N–H and O–H groups in total. The molecule has 0 atom stereocenters. The number of carbonyl (C=O) groups is 2. The molecule has 25 heavy (non-hydrogen) atoms. The van der Waals surface area contributed by atoms with Crippen molar-refractivity contribution in [1.29, 1.82) is 5.26 Å². The number of unbranched alkanes of at least 4 members (excludes halogenated alkanes) is 1. The zero-order valence-corrected chi connectivity index (χ0v) is 14.1. The fourth-order valence-electron chi connectivity index (χ4n) is 2.68. The number of nitriles is 1. The summed E-state index contributed by atoms with van der Waals surface area (Å²) in [4.78, 5) is 25.7. The summed E-state index contributed by atoms with van der Waals surface area (Å²) in [6, 6.07) is 13.7. The first-order chi connectivity index (χ1) is 12.1. The summed E-state index contributed by atoms with van der Waals surface area (Å²) in [5.74, 6) is 0.0368. The Bertz CT molecular complexity index is 838. The molecule has 2 amide bonds. The molecule has 1 heterocycles. The van der Waals surface area contributed by atoms with Crippen molar-refractivity contribution in [3.8, 4) is 11.8 Å². The largest absolute Gasteiger partial charge is 0.492 e. The van der Waals surface area contributed by atoms with Gasteiger partial charge in [-0.05, 0) is 43.2 Å². The van der Waals surface area contributed by atoms with E-state index in [0.29, 0.717) is 53.5 Å². The molecule has 0 spiro atoms. The SMILES string of the molecule is N#Cc1ccc(OCCCCN2C(=O)c3ccccc3C2=O)c(Cl)c1. The Hall–Kier alpha value is -2.84. The second kappa shape index (κ2) is 7.37. The highest BCUT2D eigenvalue weighted by molar-refractivity contribution is 6.32. The average molecular weight is 355 g/mol. The standard InChI is InChI=1S/C19H15ClN2O3/c20-16-11-13(12-21)7-8-17(16)25-10-4-3-9-22-18(23)14-5-1-2-6-15(14)19(22)24/h1-2,5-8,11H,3-4,9-10H2. The predicted molar refractivity (Wildman–Crippen MR) is 92.7 cm³/mol. The Morgan fingerprint density at radius 3 is 2.32 bits per heavy atom. The number of fused-ring (bicyclic) bond motifs is 1. The monoisotopic (exact) mass is 354 g/mol. The zero-order valence-electron chi connectivity index (χ0n) is 13.4. The van der Waals surface area contributed by atoms with E-state index in [0.717, 1.165) is 0 Å². The lowest BCUT2D eigenvalue weighted by atomic mass is 10.1. The summed E-state index contributed by atoms with van der Waals surface area (Å²) in [6.07, 6.45) is 1.31. The Morgan fingerprint density at radius 2 is 1.72 bits per heavy atom. The molecule has 126 valence electrons. The topological polar surface area (TPSA) is 70.4 Å². The third kappa shape index (κ3) is 3.49. The Morgan fingerprint density at radius 1 is 1.04 bits per heavy atom. The number of hydrogen-bond acceptors (Lipinski definition) is 4. The van der Waals surface area contributed by atoms with Crippen molar-refractivity contribution < 1.29 is 14.3 Å². The zero-order chi connectivity index (χ0) is 17.8. The average Bonchev–Trinajstić information content (AvgIpc) is 2.87. The van der Waals surface area contributed by atoms with Crippen LogP contribution in [0, 0.1) is 11.3 Å². The van der Waals surface area contributed by atoms with Crippen LogP contribution >= 0.6 is 11.6 Å². The van der Waals surface area contributed by atoms with Crippen LogP contribution in [-0.4, -0.2) is 29.9 Å². The van der Waals surface area contributed by atoms with Crippen molar-refractivity contribution in [2.24, 2.45) is 0 Å². The van der Waals surface area contributed by atoms with Crippen molar-refractivity contribution in [3.63, 3.8) is 0 Å². The first kappa shape index (κ1) is 17.0. The van der Waals surface area contributed by atoms with E-state index >= 15 is 0 Å². The van der Waals surface area contributed by atoms with Gasteiger partial charge >= 0.3 is 0 Å². The van der Waals surface area contributed by atoms with Gasteiger partial charge < -0.3 is 4.74 Å². The van der Waals surface area contributed by atoms with Gasteiger partial charge in [-0.15, -0.1) is 0 Å². The van der Waals surface area contributed by atoms with E-state index in [1.807, 2.05) is 6.07 Å². The molecule has 0 saturated heterocycles. The first-order valence-electron chi connectivity index (χ1n) is 7.89. The van der Waals surface area contributed by atoms with Crippen LogP contribution in [0.2, 0.25) is 5.02 Å². The van der Waals surface area contributed by atoms with Crippen molar-refractivity contribution in [3.05, 3.63) is 64.2 Å². The lowest BCUT2D eigenvalue weighted by Crippen LogP contribution is -2.30. The van der Waals surface area contributed by atoms with Gasteiger partial charge in [-0.1, -0.05) is 23.7 Å². The molecule has 0 radical (unpaired) electrons. The van der Waals surface area contributed by atoms with E-state index in [4.69, 9.17) is 21.6 Å². The third-order valence-electron chi connectivity index (χ3n) is 3.97. The van der Waals surface area contributed by atoms with Crippen molar-refractivity contribution in [2.45, 2.75) is 12.8 Å². The number of ether oxygens (including phenoxy) is 1. The Kier molecular flexibility index (Phi) is 5.01. The van der Waals surface area contributed by atoms with E-state index in [1.165, 1.54) is 4.90 Å². The second-order valence-corrected chi connectivity index (χ2v) is 6.03. The number of benzene rings is 2. The maximum absolute atomic E-state index is 12.2. The number of imide groups is 1. The number of hydrogen-bond donors (Lipinski definition) is 0. The summed E-state index contributed by atoms with van der Waals surface area (Å²) in [5, 5.41) is 9.19. The highest BCUT2D eigenvalue weighted by atomic mass is 35.5. The minimum atomic E-state index is -0.239. The van der Waals surface area contributed by atoms with E-state index in [1.54, 1.807) is 42.5 Å². The molecule has 5 nitrogen and oxygen atoms in total. The normalized spacial score (nSPS) is 12.9. The van der Waals surface area contributed by atoms with Crippen LogP contribution in [0.3, 0.4) is 0 Å². The molecule has 0 saturated carbocycles. The van der Waals surface area contributed by atoms with Gasteiger partial charge in [-0.2, -0.15) is 5.26 Å². The van der Waals surface area contributed by atoms with Crippen molar-refractivity contribution >= 4 is 23.4 Å². The predicted octanol–water partition coefficient (Wildman–Crippen LogP) is 3.67. The summed E-state index contributed by atoms with van der Waals surface area (Å²) >= 11 is 6.04. The van der Waals surface area contributed by atoms with Crippen molar-refractivity contribution in [2.75, 3.05) is 13.2 Å². The minimum Gasteiger partial charge on any atom is -0.492 e. The fourth-order valence-corrected chi connectivity index (χ4v) is 2.92. The van der Waals surface area contributed by atoms with Gasteiger partial charge in [-0.3, -0.25) is 14.5 Å². The van der Waals surface area contributed by atoms with Crippen LogP contribution in [-0.2, 0) is 0 Å². The fraction of sp³-hybridized carbons (Fsp3) is 0.211. The van der Waals surface area contributed by atoms with Gasteiger partial charge in [-0.25, -0.2) is 0 Å². The molecule has 0 unspecified atom stereocenters. The first-order valence-corrected chi connectivity index (χ1v) is 8.27. The molecule has 0 fully saturated rings. The van der Waals surface area contributed by atoms with Crippen LogP contribution in [0.1, 0.15) is 39.1 Å². The van der Waals surface area contributed by atoms with Gasteiger partial charge in [0.2, 0.25) is 0 Å². The maximum atomic E-state index is 12.2. The molecule has 1 aliphatic heterocycles. The molecule has 0 aliphatic carbocycles. The molecule has 1 aliphatic rings.